The number of rotatable bonds is 3. The second-order valence-corrected chi connectivity index (χ2v) is 5.49. The molecule has 1 heterocycles. The van der Waals surface area contributed by atoms with Crippen molar-refractivity contribution >= 4 is 23.2 Å². The molecule has 0 radical (unpaired) electrons. The van der Waals surface area contributed by atoms with E-state index in [2.05, 4.69) is 5.32 Å². The maximum Gasteiger partial charge on any atom is 0.226 e. The van der Waals surface area contributed by atoms with Gasteiger partial charge >= 0.3 is 0 Å². The van der Waals surface area contributed by atoms with Crippen LogP contribution in [0.1, 0.15) is 39.2 Å². The number of carbonyl (C=O) groups is 2. The van der Waals surface area contributed by atoms with E-state index in [4.69, 9.17) is 0 Å². The highest BCUT2D eigenvalue weighted by Gasteiger charge is 2.21. The van der Waals surface area contributed by atoms with Gasteiger partial charge in [0.1, 0.15) is 0 Å². The number of amides is 2. The van der Waals surface area contributed by atoms with Crippen LogP contribution in [0.5, 0.6) is 0 Å². The van der Waals surface area contributed by atoms with Crippen molar-refractivity contribution in [1.29, 1.82) is 0 Å². The molecule has 2 rings (SSSR count). The summed E-state index contributed by atoms with van der Waals surface area (Å²) in [7, 11) is 0. The Hall–Kier alpha value is -1.84. The van der Waals surface area contributed by atoms with Gasteiger partial charge in [0.2, 0.25) is 11.8 Å². The Morgan fingerprint density at radius 3 is 2.75 bits per heavy atom. The summed E-state index contributed by atoms with van der Waals surface area (Å²) < 4.78 is 0. The van der Waals surface area contributed by atoms with Gasteiger partial charge in [0, 0.05) is 30.3 Å². The molecule has 0 spiro atoms. The molecular weight excluding hydrogens is 252 g/mol. The molecule has 1 aliphatic rings. The van der Waals surface area contributed by atoms with Crippen molar-refractivity contribution in [2.45, 2.75) is 40.0 Å². The Labute approximate surface area is 120 Å². The summed E-state index contributed by atoms with van der Waals surface area (Å²) >= 11 is 0. The lowest BCUT2D eigenvalue weighted by molar-refractivity contribution is -0.119. The number of nitrogens with zero attached hydrogens (tertiary/aromatic N) is 1. The van der Waals surface area contributed by atoms with Crippen molar-refractivity contribution in [3.8, 4) is 0 Å². The number of anilines is 2. The minimum atomic E-state index is -0.0378. The van der Waals surface area contributed by atoms with Crippen molar-refractivity contribution in [3.63, 3.8) is 0 Å². The zero-order valence-corrected chi connectivity index (χ0v) is 12.4. The normalized spacial score (nSPS) is 14.1. The molecule has 1 aromatic rings. The van der Waals surface area contributed by atoms with Gasteiger partial charge in [-0.05, 0) is 36.6 Å². The molecular formula is C16H22N2O2. The van der Waals surface area contributed by atoms with Gasteiger partial charge in [0.15, 0.2) is 0 Å². The molecule has 0 bridgehead atoms. The van der Waals surface area contributed by atoms with E-state index < -0.39 is 0 Å². The van der Waals surface area contributed by atoms with Crippen LogP contribution in [0, 0.1) is 5.92 Å². The number of benzene rings is 1. The van der Waals surface area contributed by atoms with Crippen LogP contribution in [-0.2, 0) is 16.0 Å². The minimum Gasteiger partial charge on any atom is -0.326 e. The fourth-order valence-electron chi connectivity index (χ4n) is 2.41. The van der Waals surface area contributed by atoms with E-state index in [1.807, 2.05) is 43.9 Å². The minimum absolute atomic E-state index is 0.0160. The first-order valence-corrected chi connectivity index (χ1v) is 7.27. The van der Waals surface area contributed by atoms with Crippen molar-refractivity contribution in [2.75, 3.05) is 16.8 Å². The van der Waals surface area contributed by atoms with Gasteiger partial charge in [-0.1, -0.05) is 20.8 Å². The molecule has 0 saturated heterocycles. The number of fused-ring (bicyclic) bond motifs is 1. The summed E-state index contributed by atoms with van der Waals surface area (Å²) in [6.07, 6.45) is 2.44. The van der Waals surface area contributed by atoms with Crippen LogP contribution in [0.15, 0.2) is 18.2 Å². The maximum absolute atomic E-state index is 11.9. The number of hydrogen-bond acceptors (Lipinski definition) is 2. The van der Waals surface area contributed by atoms with Crippen molar-refractivity contribution in [1.82, 2.24) is 0 Å². The van der Waals surface area contributed by atoms with Crippen LogP contribution in [0.3, 0.4) is 0 Å². The molecule has 0 fully saturated rings. The van der Waals surface area contributed by atoms with E-state index in [0.717, 1.165) is 36.3 Å². The standard InChI is InChI=1S/C16H22N2O2/c1-4-15(19)18-9-5-6-12-10-13(7-8-14(12)18)17-16(20)11(2)3/h7-8,10-11H,4-6,9H2,1-3H3,(H,17,20). The molecule has 0 atom stereocenters. The summed E-state index contributed by atoms with van der Waals surface area (Å²) in [5.41, 5.74) is 2.94. The molecule has 1 aliphatic heterocycles. The fourth-order valence-corrected chi connectivity index (χ4v) is 2.41. The summed E-state index contributed by atoms with van der Waals surface area (Å²) in [6.45, 7) is 6.41. The SMILES string of the molecule is CCC(=O)N1CCCc2cc(NC(=O)C(C)C)ccc21. The molecule has 0 aliphatic carbocycles. The Morgan fingerprint density at radius 1 is 1.35 bits per heavy atom. The molecule has 0 saturated carbocycles. The van der Waals surface area contributed by atoms with Crippen molar-refractivity contribution < 1.29 is 9.59 Å². The van der Waals surface area contributed by atoms with Gasteiger partial charge in [0.05, 0.1) is 0 Å². The monoisotopic (exact) mass is 274 g/mol. The van der Waals surface area contributed by atoms with E-state index >= 15 is 0 Å². The topological polar surface area (TPSA) is 49.4 Å². The fraction of sp³-hybridized carbons (Fsp3) is 0.500. The highest BCUT2D eigenvalue weighted by atomic mass is 16.2. The average Bonchev–Trinajstić information content (AvgIpc) is 2.45. The van der Waals surface area contributed by atoms with Gasteiger partial charge in [-0.15, -0.1) is 0 Å². The summed E-state index contributed by atoms with van der Waals surface area (Å²) in [5, 5.41) is 2.91. The maximum atomic E-state index is 11.9. The van der Waals surface area contributed by atoms with Gasteiger partial charge in [-0.3, -0.25) is 9.59 Å². The van der Waals surface area contributed by atoms with E-state index in [0.29, 0.717) is 6.42 Å². The number of nitrogens with one attached hydrogen (secondary N) is 1. The average molecular weight is 274 g/mol. The highest BCUT2D eigenvalue weighted by molar-refractivity contribution is 5.96. The second-order valence-electron chi connectivity index (χ2n) is 5.49. The number of carbonyl (C=O) groups excluding carboxylic acids is 2. The zero-order chi connectivity index (χ0) is 14.7. The lowest BCUT2D eigenvalue weighted by Gasteiger charge is -2.29. The Bertz CT molecular complexity index is 523. The van der Waals surface area contributed by atoms with Gasteiger partial charge in [0.25, 0.3) is 0 Å². The Balaban J connectivity index is 2.23. The molecule has 20 heavy (non-hydrogen) atoms. The molecule has 2 amide bonds. The summed E-state index contributed by atoms with van der Waals surface area (Å²) in [6, 6.07) is 5.81. The highest BCUT2D eigenvalue weighted by Crippen LogP contribution is 2.30. The summed E-state index contributed by atoms with van der Waals surface area (Å²) in [5.74, 6) is 0.136. The van der Waals surface area contributed by atoms with Crippen LogP contribution in [0.2, 0.25) is 0 Å². The van der Waals surface area contributed by atoms with Gasteiger partial charge in [-0.2, -0.15) is 0 Å². The largest absolute Gasteiger partial charge is 0.326 e. The molecule has 0 aromatic heterocycles. The zero-order valence-electron chi connectivity index (χ0n) is 12.4. The van der Waals surface area contributed by atoms with Gasteiger partial charge < -0.3 is 10.2 Å². The third-order valence-electron chi connectivity index (χ3n) is 3.59. The van der Waals surface area contributed by atoms with Crippen LogP contribution >= 0.6 is 0 Å². The first-order chi connectivity index (χ1) is 9.52. The van der Waals surface area contributed by atoms with Gasteiger partial charge in [-0.25, -0.2) is 0 Å². The van der Waals surface area contributed by atoms with Crippen LogP contribution < -0.4 is 10.2 Å². The Morgan fingerprint density at radius 2 is 2.10 bits per heavy atom. The lowest BCUT2D eigenvalue weighted by Crippen LogP contribution is -2.34. The molecule has 4 nitrogen and oxygen atoms in total. The number of hydrogen-bond donors (Lipinski definition) is 1. The molecule has 0 unspecified atom stereocenters. The van der Waals surface area contributed by atoms with E-state index in [-0.39, 0.29) is 17.7 Å². The smallest absolute Gasteiger partial charge is 0.226 e. The first kappa shape index (κ1) is 14.6. The third kappa shape index (κ3) is 3.00. The predicted molar refractivity (Wildman–Crippen MR) is 80.9 cm³/mol. The molecule has 1 aromatic carbocycles. The Kier molecular flexibility index (Phi) is 4.42. The predicted octanol–water partition coefficient (Wildman–Crippen LogP) is 2.97. The lowest BCUT2D eigenvalue weighted by atomic mass is 10.0. The third-order valence-corrected chi connectivity index (χ3v) is 3.59. The van der Waals surface area contributed by atoms with E-state index in [1.54, 1.807) is 0 Å². The second kappa shape index (κ2) is 6.07. The number of aryl methyl sites for hydroxylation is 1. The van der Waals surface area contributed by atoms with E-state index in [9.17, 15) is 9.59 Å². The van der Waals surface area contributed by atoms with Crippen molar-refractivity contribution in [2.24, 2.45) is 5.92 Å². The van der Waals surface area contributed by atoms with Crippen LogP contribution in [-0.4, -0.2) is 18.4 Å². The summed E-state index contributed by atoms with van der Waals surface area (Å²) in [4.78, 5) is 25.5. The van der Waals surface area contributed by atoms with Crippen LogP contribution in [0.25, 0.3) is 0 Å². The molecule has 108 valence electrons. The van der Waals surface area contributed by atoms with Crippen molar-refractivity contribution in [3.05, 3.63) is 23.8 Å². The first-order valence-electron chi connectivity index (χ1n) is 7.27. The molecule has 4 heteroatoms. The van der Waals surface area contributed by atoms with E-state index in [1.165, 1.54) is 0 Å². The molecule has 1 N–H and O–H groups in total. The van der Waals surface area contributed by atoms with Crippen LogP contribution in [0.4, 0.5) is 11.4 Å². The quantitative estimate of drug-likeness (QED) is 0.921.